The van der Waals surface area contributed by atoms with Crippen LogP contribution in [0.1, 0.15) is 47.5 Å². The molecule has 10 heteroatoms. The molecule has 0 spiro atoms. The number of anilines is 1. The fourth-order valence-corrected chi connectivity index (χ4v) is 5.21. The molecule has 0 aliphatic heterocycles. The minimum atomic E-state index is -0.431. The molecule has 1 aromatic carbocycles. The molecule has 0 aliphatic carbocycles. The Balaban J connectivity index is 1.70. The topological polar surface area (TPSA) is 95.3 Å². The highest BCUT2D eigenvalue weighted by Crippen LogP contribution is 2.33. The van der Waals surface area contributed by atoms with E-state index in [1.807, 2.05) is 42.7 Å². The molecule has 0 aliphatic rings. The van der Waals surface area contributed by atoms with Crippen LogP contribution >= 0.6 is 23.1 Å². The Morgan fingerprint density at radius 3 is 2.61 bits per heavy atom. The molecule has 36 heavy (non-hydrogen) atoms. The molecule has 0 unspecified atom stereocenters. The van der Waals surface area contributed by atoms with Gasteiger partial charge in [0.1, 0.15) is 10.8 Å². The number of esters is 1. The highest BCUT2D eigenvalue weighted by atomic mass is 32.2. The molecule has 0 bridgehead atoms. The maximum atomic E-state index is 12.8. The van der Waals surface area contributed by atoms with Gasteiger partial charge in [-0.1, -0.05) is 31.2 Å². The summed E-state index contributed by atoms with van der Waals surface area (Å²) in [6.07, 6.45) is 3.86. The Morgan fingerprint density at radius 1 is 1.19 bits per heavy atom. The summed E-state index contributed by atoms with van der Waals surface area (Å²) in [5.74, 6) is 0.939. The summed E-state index contributed by atoms with van der Waals surface area (Å²) in [4.78, 5) is 26.1. The van der Waals surface area contributed by atoms with E-state index in [4.69, 9.17) is 9.47 Å². The van der Waals surface area contributed by atoms with Crippen LogP contribution in [0, 0.1) is 13.8 Å². The number of unbranched alkanes of at least 4 members (excludes halogenated alkanes) is 1. The van der Waals surface area contributed by atoms with Gasteiger partial charge in [-0.05, 0) is 57.0 Å². The van der Waals surface area contributed by atoms with Crippen molar-refractivity contribution in [1.82, 2.24) is 14.8 Å². The standard InChI is InChI=1S/C26H32N4O4S2/c1-6-9-15-34-20-12-10-19(11-13-20)23-28-29-26(30(23)14-7-2)35-16-21(31)27-24-22(25(32)33-8-3)17(4)18(5)36-24/h7,10-13H,2,6,8-9,14-16H2,1,3-5H3,(H,27,31). The van der Waals surface area contributed by atoms with Crippen LogP contribution in [0.25, 0.3) is 11.4 Å². The Morgan fingerprint density at radius 2 is 1.94 bits per heavy atom. The van der Waals surface area contributed by atoms with Crippen LogP contribution in [-0.2, 0) is 16.1 Å². The molecule has 0 saturated heterocycles. The number of rotatable bonds is 13. The zero-order chi connectivity index (χ0) is 26.1. The lowest BCUT2D eigenvalue weighted by Gasteiger charge is -2.10. The monoisotopic (exact) mass is 528 g/mol. The lowest BCUT2D eigenvalue weighted by molar-refractivity contribution is -0.113. The predicted octanol–water partition coefficient (Wildman–Crippen LogP) is 5.90. The van der Waals surface area contributed by atoms with Gasteiger partial charge in [-0.3, -0.25) is 9.36 Å². The highest BCUT2D eigenvalue weighted by Gasteiger charge is 2.22. The molecule has 192 valence electrons. The first-order valence-corrected chi connectivity index (χ1v) is 13.7. The number of amides is 1. The van der Waals surface area contributed by atoms with Gasteiger partial charge < -0.3 is 14.8 Å². The summed E-state index contributed by atoms with van der Waals surface area (Å²) in [6, 6.07) is 7.74. The van der Waals surface area contributed by atoms with E-state index in [0.29, 0.717) is 34.7 Å². The van der Waals surface area contributed by atoms with Crippen molar-refractivity contribution < 1.29 is 19.1 Å². The van der Waals surface area contributed by atoms with E-state index in [1.54, 1.807) is 13.0 Å². The van der Waals surface area contributed by atoms with Crippen LogP contribution in [-0.4, -0.2) is 45.6 Å². The summed E-state index contributed by atoms with van der Waals surface area (Å²) >= 11 is 2.64. The van der Waals surface area contributed by atoms with Crippen LogP contribution in [0.5, 0.6) is 5.75 Å². The van der Waals surface area contributed by atoms with Crippen molar-refractivity contribution in [2.24, 2.45) is 0 Å². The third-order valence-corrected chi connectivity index (χ3v) is 7.45. The number of nitrogens with zero attached hydrogens (tertiary/aromatic N) is 3. The number of aromatic nitrogens is 3. The van der Waals surface area contributed by atoms with E-state index in [9.17, 15) is 9.59 Å². The van der Waals surface area contributed by atoms with Gasteiger partial charge in [0.2, 0.25) is 5.91 Å². The molecule has 0 saturated carbocycles. The number of benzene rings is 1. The van der Waals surface area contributed by atoms with E-state index < -0.39 is 5.97 Å². The Hall–Kier alpha value is -3.11. The normalized spacial score (nSPS) is 10.8. The number of hydrogen-bond donors (Lipinski definition) is 1. The minimum absolute atomic E-state index is 0.109. The number of thioether (sulfide) groups is 1. The predicted molar refractivity (Wildman–Crippen MR) is 145 cm³/mol. The molecule has 1 amide bonds. The second-order valence-corrected chi connectivity index (χ2v) is 10.1. The first kappa shape index (κ1) is 27.5. The third-order valence-electron chi connectivity index (χ3n) is 5.36. The van der Waals surface area contributed by atoms with E-state index >= 15 is 0 Å². The summed E-state index contributed by atoms with van der Waals surface area (Å²) < 4.78 is 12.8. The van der Waals surface area contributed by atoms with Crippen LogP contribution in [0.15, 0.2) is 42.1 Å². The van der Waals surface area contributed by atoms with Gasteiger partial charge in [0.15, 0.2) is 11.0 Å². The second-order valence-electron chi connectivity index (χ2n) is 7.98. The molecule has 3 rings (SSSR count). The molecule has 0 radical (unpaired) electrons. The maximum Gasteiger partial charge on any atom is 0.341 e. The number of ether oxygens (including phenoxy) is 2. The first-order chi connectivity index (χ1) is 17.4. The molecule has 3 aromatic rings. The van der Waals surface area contributed by atoms with Crippen LogP contribution < -0.4 is 10.1 Å². The number of thiophene rings is 1. The van der Waals surface area contributed by atoms with Gasteiger partial charge in [0.25, 0.3) is 0 Å². The number of hydrogen-bond acceptors (Lipinski definition) is 8. The van der Waals surface area contributed by atoms with E-state index in [2.05, 4.69) is 29.0 Å². The van der Waals surface area contributed by atoms with Crippen molar-refractivity contribution in [3.63, 3.8) is 0 Å². The minimum Gasteiger partial charge on any atom is -0.494 e. The Labute approximate surface area is 220 Å². The van der Waals surface area contributed by atoms with Crippen molar-refractivity contribution in [1.29, 1.82) is 0 Å². The van der Waals surface area contributed by atoms with Gasteiger partial charge in [0, 0.05) is 17.0 Å². The lowest BCUT2D eigenvalue weighted by Crippen LogP contribution is -2.17. The van der Waals surface area contributed by atoms with Gasteiger partial charge in [0.05, 0.1) is 24.5 Å². The van der Waals surface area contributed by atoms with Crippen LogP contribution in [0.3, 0.4) is 0 Å². The van der Waals surface area contributed by atoms with Gasteiger partial charge >= 0.3 is 5.97 Å². The molecule has 2 heterocycles. The molecular formula is C26H32N4O4S2. The quantitative estimate of drug-likeness (QED) is 0.128. The molecule has 0 atom stereocenters. The molecular weight excluding hydrogens is 496 g/mol. The van der Waals surface area contributed by atoms with E-state index in [0.717, 1.165) is 34.6 Å². The molecule has 2 aromatic heterocycles. The van der Waals surface area contributed by atoms with Gasteiger partial charge in [-0.25, -0.2) is 4.79 Å². The number of carbonyl (C=O) groups excluding carboxylic acids is 2. The van der Waals surface area contributed by atoms with Crippen molar-refractivity contribution in [2.75, 3.05) is 24.3 Å². The number of aryl methyl sites for hydroxylation is 1. The van der Waals surface area contributed by atoms with Crippen LogP contribution in [0.2, 0.25) is 0 Å². The fraction of sp³-hybridized carbons (Fsp3) is 0.385. The lowest BCUT2D eigenvalue weighted by atomic mass is 10.1. The van der Waals surface area contributed by atoms with Crippen molar-refractivity contribution >= 4 is 40.0 Å². The SMILES string of the molecule is C=CCn1c(SCC(=O)Nc2sc(C)c(C)c2C(=O)OCC)nnc1-c1ccc(OCCCC)cc1. The van der Waals surface area contributed by atoms with Crippen molar-refractivity contribution in [3.8, 4) is 17.1 Å². The number of allylic oxidation sites excluding steroid dienone is 1. The largest absolute Gasteiger partial charge is 0.494 e. The van der Waals surface area contributed by atoms with E-state index in [1.165, 1.54) is 23.1 Å². The zero-order valence-electron chi connectivity index (χ0n) is 21.1. The Kier molecular flexibility index (Phi) is 10.1. The van der Waals surface area contributed by atoms with Crippen molar-refractivity contribution in [3.05, 3.63) is 52.9 Å². The molecule has 0 fully saturated rings. The molecule has 1 N–H and O–H groups in total. The number of nitrogens with one attached hydrogen (secondary N) is 1. The highest BCUT2D eigenvalue weighted by molar-refractivity contribution is 7.99. The average molecular weight is 529 g/mol. The average Bonchev–Trinajstić information content (AvgIpc) is 3.38. The fourth-order valence-electron chi connectivity index (χ4n) is 3.39. The summed E-state index contributed by atoms with van der Waals surface area (Å²) in [6.45, 7) is 13.0. The smallest absolute Gasteiger partial charge is 0.341 e. The first-order valence-electron chi connectivity index (χ1n) is 11.9. The number of carbonyl (C=O) groups is 2. The summed E-state index contributed by atoms with van der Waals surface area (Å²) in [7, 11) is 0. The third kappa shape index (κ3) is 6.76. The van der Waals surface area contributed by atoms with Crippen molar-refractivity contribution in [2.45, 2.75) is 52.2 Å². The summed E-state index contributed by atoms with van der Waals surface area (Å²) in [5.41, 5.74) is 2.13. The second kappa shape index (κ2) is 13.3. The Bertz CT molecular complexity index is 1200. The summed E-state index contributed by atoms with van der Waals surface area (Å²) in [5, 5.41) is 12.6. The van der Waals surface area contributed by atoms with Gasteiger partial charge in [-0.15, -0.1) is 28.1 Å². The van der Waals surface area contributed by atoms with E-state index in [-0.39, 0.29) is 18.3 Å². The van der Waals surface area contributed by atoms with Gasteiger partial charge in [-0.2, -0.15) is 0 Å². The maximum absolute atomic E-state index is 12.8. The zero-order valence-corrected chi connectivity index (χ0v) is 22.8. The van der Waals surface area contributed by atoms with Crippen LogP contribution in [0.4, 0.5) is 5.00 Å². The molecule has 8 nitrogen and oxygen atoms in total.